The van der Waals surface area contributed by atoms with Crippen molar-refractivity contribution in [2.75, 3.05) is 25.4 Å². The second kappa shape index (κ2) is 6.32. The Labute approximate surface area is 102 Å². The van der Waals surface area contributed by atoms with Crippen molar-refractivity contribution in [3.05, 3.63) is 0 Å². The molecular weight excluding hydrogens is 244 g/mol. The number of hydrogen-bond donors (Lipinski definition) is 2. The molecule has 7 heteroatoms. The zero-order valence-corrected chi connectivity index (χ0v) is 10.9. The van der Waals surface area contributed by atoms with Crippen LogP contribution < -0.4 is 5.32 Å². The van der Waals surface area contributed by atoms with E-state index in [-0.39, 0.29) is 18.2 Å². The van der Waals surface area contributed by atoms with E-state index >= 15 is 0 Å². The van der Waals surface area contributed by atoms with Crippen LogP contribution in [0.2, 0.25) is 0 Å². The summed E-state index contributed by atoms with van der Waals surface area (Å²) in [4.78, 5) is 10.5. The summed E-state index contributed by atoms with van der Waals surface area (Å²) in [6.07, 6.45) is 1.21. The Hall–Kier alpha value is -0.660. The highest BCUT2D eigenvalue weighted by atomic mass is 32.2. The Morgan fingerprint density at radius 1 is 1.53 bits per heavy atom. The molecule has 0 aromatic rings. The van der Waals surface area contributed by atoms with Crippen LogP contribution in [-0.4, -0.2) is 55.2 Å². The maximum Gasteiger partial charge on any atom is 0.304 e. The molecule has 0 spiro atoms. The third-order valence-corrected chi connectivity index (χ3v) is 4.73. The quantitative estimate of drug-likeness (QED) is 0.668. The summed E-state index contributed by atoms with van der Waals surface area (Å²) in [6.45, 7) is 3.86. The monoisotopic (exact) mass is 264 g/mol. The van der Waals surface area contributed by atoms with E-state index in [9.17, 15) is 13.2 Å². The first-order valence-electron chi connectivity index (χ1n) is 5.89. The summed E-state index contributed by atoms with van der Waals surface area (Å²) in [5.41, 5.74) is 0. The van der Waals surface area contributed by atoms with Crippen LogP contribution in [0, 0.1) is 0 Å². The van der Waals surface area contributed by atoms with Gasteiger partial charge in [-0.25, -0.2) is 8.42 Å². The number of nitrogens with one attached hydrogen (secondary N) is 1. The Morgan fingerprint density at radius 2 is 2.24 bits per heavy atom. The Bertz CT molecular complexity index is 349. The molecule has 100 valence electrons. The van der Waals surface area contributed by atoms with Gasteiger partial charge in [0.25, 0.3) is 0 Å². The molecule has 1 aliphatic heterocycles. The summed E-state index contributed by atoms with van der Waals surface area (Å²) in [7, 11) is -3.45. The van der Waals surface area contributed by atoms with Crippen LogP contribution in [0.15, 0.2) is 0 Å². The average molecular weight is 264 g/mol. The molecular formula is C10H20N2O4S. The number of carboxylic acids is 1. The van der Waals surface area contributed by atoms with Crippen molar-refractivity contribution in [2.45, 2.75) is 32.2 Å². The van der Waals surface area contributed by atoms with Crippen LogP contribution in [0.25, 0.3) is 0 Å². The molecule has 0 radical (unpaired) electrons. The third kappa shape index (κ3) is 4.25. The Kier molecular flexibility index (Phi) is 5.35. The van der Waals surface area contributed by atoms with Gasteiger partial charge in [0.05, 0.1) is 12.2 Å². The molecule has 1 aliphatic rings. The number of carbonyl (C=O) groups is 1. The predicted molar refractivity (Wildman–Crippen MR) is 64.3 cm³/mol. The highest BCUT2D eigenvalue weighted by molar-refractivity contribution is 7.89. The van der Waals surface area contributed by atoms with Gasteiger partial charge in [0.15, 0.2) is 0 Å². The number of sulfonamides is 1. The highest BCUT2D eigenvalue weighted by Crippen LogP contribution is 2.15. The minimum atomic E-state index is -3.45. The molecule has 0 aromatic heterocycles. The molecule has 0 amide bonds. The molecule has 1 heterocycles. The fourth-order valence-corrected chi connectivity index (χ4v) is 3.75. The molecule has 6 nitrogen and oxygen atoms in total. The molecule has 0 aromatic carbocycles. The Morgan fingerprint density at radius 3 is 2.71 bits per heavy atom. The van der Waals surface area contributed by atoms with Crippen LogP contribution in [0.5, 0.6) is 0 Å². The van der Waals surface area contributed by atoms with E-state index in [1.165, 1.54) is 4.31 Å². The molecule has 17 heavy (non-hydrogen) atoms. The number of aliphatic carboxylic acids is 1. The number of nitrogens with zero attached hydrogens (tertiary/aromatic N) is 1. The lowest BCUT2D eigenvalue weighted by Crippen LogP contribution is -2.43. The van der Waals surface area contributed by atoms with Crippen molar-refractivity contribution in [1.82, 2.24) is 9.62 Å². The summed E-state index contributed by atoms with van der Waals surface area (Å²) in [5, 5.41) is 11.7. The van der Waals surface area contributed by atoms with E-state index in [4.69, 9.17) is 5.11 Å². The number of rotatable bonds is 7. The van der Waals surface area contributed by atoms with Gasteiger partial charge in [-0.1, -0.05) is 6.92 Å². The van der Waals surface area contributed by atoms with Crippen LogP contribution in [0.1, 0.15) is 26.2 Å². The molecule has 2 N–H and O–H groups in total. The molecule has 0 saturated carbocycles. The standard InChI is InChI=1S/C10H20N2O4S/c1-2-6-12(9-3-5-11-8-9)17(15,16)7-4-10(13)14/h9,11H,2-8H2,1H3,(H,13,14). The third-order valence-electron chi connectivity index (χ3n) is 2.82. The van der Waals surface area contributed by atoms with E-state index in [1.54, 1.807) is 0 Å². The molecule has 1 atom stereocenters. The zero-order valence-electron chi connectivity index (χ0n) is 10.1. The number of hydrogen-bond acceptors (Lipinski definition) is 4. The first kappa shape index (κ1) is 14.4. The van der Waals surface area contributed by atoms with E-state index in [2.05, 4.69) is 5.32 Å². The van der Waals surface area contributed by atoms with Crippen molar-refractivity contribution in [1.29, 1.82) is 0 Å². The minimum Gasteiger partial charge on any atom is -0.481 e. The topological polar surface area (TPSA) is 86.7 Å². The summed E-state index contributed by atoms with van der Waals surface area (Å²) >= 11 is 0. The average Bonchev–Trinajstić information content (AvgIpc) is 2.76. The SMILES string of the molecule is CCCN(C1CCNC1)S(=O)(=O)CCC(=O)O. The smallest absolute Gasteiger partial charge is 0.304 e. The van der Waals surface area contributed by atoms with Gasteiger partial charge < -0.3 is 10.4 Å². The van der Waals surface area contributed by atoms with Gasteiger partial charge in [-0.15, -0.1) is 0 Å². The van der Waals surface area contributed by atoms with E-state index in [0.29, 0.717) is 13.1 Å². The van der Waals surface area contributed by atoms with Gasteiger partial charge >= 0.3 is 5.97 Å². The second-order valence-corrected chi connectivity index (χ2v) is 6.26. The summed E-state index contributed by atoms with van der Waals surface area (Å²) in [6, 6.07) is -0.0197. The van der Waals surface area contributed by atoms with E-state index < -0.39 is 16.0 Å². The molecule has 1 saturated heterocycles. The first-order valence-corrected chi connectivity index (χ1v) is 7.50. The molecule has 1 unspecified atom stereocenters. The van der Waals surface area contributed by atoms with Crippen molar-refractivity contribution in [3.8, 4) is 0 Å². The maximum atomic E-state index is 12.0. The highest BCUT2D eigenvalue weighted by Gasteiger charge is 2.31. The lowest BCUT2D eigenvalue weighted by Gasteiger charge is -2.26. The summed E-state index contributed by atoms with van der Waals surface area (Å²) in [5.74, 6) is -1.38. The van der Waals surface area contributed by atoms with Crippen molar-refractivity contribution >= 4 is 16.0 Å². The van der Waals surface area contributed by atoms with Crippen LogP contribution in [-0.2, 0) is 14.8 Å². The van der Waals surface area contributed by atoms with Crippen molar-refractivity contribution in [2.24, 2.45) is 0 Å². The molecule has 1 rings (SSSR count). The summed E-state index contributed by atoms with van der Waals surface area (Å²) < 4.78 is 25.6. The van der Waals surface area contributed by atoms with Crippen molar-refractivity contribution < 1.29 is 18.3 Å². The lowest BCUT2D eigenvalue weighted by atomic mass is 10.2. The first-order chi connectivity index (χ1) is 7.97. The molecule has 0 bridgehead atoms. The fraction of sp³-hybridized carbons (Fsp3) is 0.900. The maximum absolute atomic E-state index is 12.0. The van der Waals surface area contributed by atoms with Crippen LogP contribution in [0.3, 0.4) is 0 Å². The van der Waals surface area contributed by atoms with Gasteiger partial charge in [0, 0.05) is 19.1 Å². The molecule has 1 fully saturated rings. The van der Waals surface area contributed by atoms with E-state index in [1.807, 2.05) is 6.92 Å². The van der Waals surface area contributed by atoms with Crippen LogP contribution in [0.4, 0.5) is 0 Å². The van der Waals surface area contributed by atoms with Gasteiger partial charge in [-0.3, -0.25) is 4.79 Å². The van der Waals surface area contributed by atoms with Crippen LogP contribution >= 0.6 is 0 Å². The minimum absolute atomic E-state index is 0.0197. The Balaban J connectivity index is 2.70. The normalized spacial score (nSPS) is 20.9. The van der Waals surface area contributed by atoms with E-state index in [0.717, 1.165) is 19.4 Å². The van der Waals surface area contributed by atoms with Crippen molar-refractivity contribution in [3.63, 3.8) is 0 Å². The zero-order chi connectivity index (χ0) is 12.9. The predicted octanol–water partition coefficient (Wildman–Crippen LogP) is -0.135. The van der Waals surface area contributed by atoms with Gasteiger partial charge in [-0.05, 0) is 19.4 Å². The lowest BCUT2D eigenvalue weighted by molar-refractivity contribution is -0.136. The fourth-order valence-electron chi connectivity index (χ4n) is 1.99. The number of carboxylic acid groups (broad SMARTS) is 1. The second-order valence-electron chi connectivity index (χ2n) is 4.22. The largest absolute Gasteiger partial charge is 0.481 e. The van der Waals surface area contributed by atoms with Gasteiger partial charge in [0.1, 0.15) is 0 Å². The van der Waals surface area contributed by atoms with Gasteiger partial charge in [-0.2, -0.15) is 4.31 Å². The molecule has 0 aliphatic carbocycles. The van der Waals surface area contributed by atoms with Gasteiger partial charge in [0.2, 0.25) is 10.0 Å².